The van der Waals surface area contributed by atoms with E-state index in [0.717, 1.165) is 48.7 Å². The van der Waals surface area contributed by atoms with E-state index in [1.807, 2.05) is 18.2 Å². The van der Waals surface area contributed by atoms with Crippen LogP contribution in [0.5, 0.6) is 11.5 Å². The molecule has 2 aromatic rings. The van der Waals surface area contributed by atoms with Crippen LogP contribution >= 0.6 is 23.2 Å². The van der Waals surface area contributed by atoms with E-state index in [1.165, 1.54) is 0 Å². The number of ether oxygens (including phenoxy) is 2. The van der Waals surface area contributed by atoms with E-state index in [4.69, 9.17) is 32.7 Å². The second-order valence-electron chi connectivity index (χ2n) is 9.81. The van der Waals surface area contributed by atoms with Crippen molar-refractivity contribution >= 4 is 29.1 Å². The SMILES string of the molecule is O=C(c1cc(Cl)ccc1OC[C@@H](O)CN1CCC2(CC1)Cc1cc(Cl)ccc1O2)N1CC[C@H](O)C1. The lowest BCUT2D eigenvalue weighted by Crippen LogP contribution is -2.49. The fraction of sp³-hybridized carbons (Fsp3) is 0.500. The lowest BCUT2D eigenvalue weighted by Gasteiger charge is -2.39. The van der Waals surface area contributed by atoms with Gasteiger partial charge in [0.1, 0.15) is 29.8 Å². The number of piperidine rings is 1. The second-order valence-corrected chi connectivity index (χ2v) is 10.7. The summed E-state index contributed by atoms with van der Waals surface area (Å²) in [5, 5.41) is 21.6. The van der Waals surface area contributed by atoms with Crippen LogP contribution in [-0.2, 0) is 6.42 Å². The van der Waals surface area contributed by atoms with E-state index in [2.05, 4.69) is 4.90 Å². The number of hydrogen-bond donors (Lipinski definition) is 2. The van der Waals surface area contributed by atoms with Crippen LogP contribution in [0, 0.1) is 0 Å². The van der Waals surface area contributed by atoms with Gasteiger partial charge < -0.3 is 29.5 Å². The van der Waals surface area contributed by atoms with Gasteiger partial charge in [0.25, 0.3) is 5.91 Å². The highest BCUT2D eigenvalue weighted by Crippen LogP contribution is 2.42. The molecule has 0 saturated carbocycles. The third-order valence-electron chi connectivity index (χ3n) is 7.15. The minimum absolute atomic E-state index is 0.0621. The van der Waals surface area contributed by atoms with Crippen molar-refractivity contribution in [1.29, 1.82) is 0 Å². The molecular weight excluding hydrogens is 491 g/mol. The highest BCUT2D eigenvalue weighted by Gasteiger charge is 2.42. The third-order valence-corrected chi connectivity index (χ3v) is 7.62. The highest BCUT2D eigenvalue weighted by atomic mass is 35.5. The third kappa shape index (κ3) is 5.54. The summed E-state index contributed by atoms with van der Waals surface area (Å²) in [6.45, 7) is 2.97. The average molecular weight is 521 g/mol. The van der Waals surface area contributed by atoms with E-state index in [9.17, 15) is 15.0 Å². The Balaban J connectivity index is 1.13. The number of benzene rings is 2. The summed E-state index contributed by atoms with van der Waals surface area (Å²) in [6, 6.07) is 10.7. The number of carbonyl (C=O) groups is 1. The van der Waals surface area contributed by atoms with E-state index in [1.54, 1.807) is 23.1 Å². The van der Waals surface area contributed by atoms with Crippen LogP contribution in [-0.4, -0.2) is 83.1 Å². The molecular formula is C26H30Cl2N2O5. The van der Waals surface area contributed by atoms with Gasteiger partial charge in [-0.15, -0.1) is 0 Å². The number of likely N-dealkylation sites (tertiary alicyclic amines) is 2. The molecule has 188 valence electrons. The van der Waals surface area contributed by atoms with E-state index >= 15 is 0 Å². The molecule has 35 heavy (non-hydrogen) atoms. The maximum absolute atomic E-state index is 12.9. The maximum atomic E-state index is 12.9. The van der Waals surface area contributed by atoms with Crippen molar-refractivity contribution in [3.63, 3.8) is 0 Å². The van der Waals surface area contributed by atoms with Crippen molar-refractivity contribution in [1.82, 2.24) is 9.80 Å². The molecule has 3 heterocycles. The minimum Gasteiger partial charge on any atom is -0.490 e. The lowest BCUT2D eigenvalue weighted by atomic mass is 9.87. The zero-order valence-electron chi connectivity index (χ0n) is 19.5. The van der Waals surface area contributed by atoms with Gasteiger partial charge in [0.05, 0.1) is 11.7 Å². The molecule has 7 nitrogen and oxygen atoms in total. The van der Waals surface area contributed by atoms with Gasteiger partial charge in [-0.1, -0.05) is 23.2 Å². The van der Waals surface area contributed by atoms with Crippen molar-refractivity contribution in [2.45, 2.75) is 43.5 Å². The van der Waals surface area contributed by atoms with Gasteiger partial charge in [0.15, 0.2) is 0 Å². The topological polar surface area (TPSA) is 82.5 Å². The monoisotopic (exact) mass is 520 g/mol. The highest BCUT2D eigenvalue weighted by molar-refractivity contribution is 6.31. The Morgan fingerprint density at radius 3 is 2.63 bits per heavy atom. The first-order chi connectivity index (χ1) is 16.8. The standard InChI is InChI=1S/C26H30Cl2N2O5/c27-18-1-3-23-17(11-18)13-26(35-23)6-9-29(10-7-26)14-21(32)16-34-24-4-2-19(28)12-22(24)25(33)30-8-5-20(31)15-30/h1-4,11-12,20-21,31-32H,5-10,13-16H2/t20-,21-/m0/s1. The number of amides is 1. The summed E-state index contributed by atoms with van der Waals surface area (Å²) < 4.78 is 12.2. The van der Waals surface area contributed by atoms with Crippen LogP contribution < -0.4 is 9.47 Å². The molecule has 2 aromatic carbocycles. The lowest BCUT2D eigenvalue weighted by molar-refractivity contribution is -0.00201. The molecule has 2 saturated heterocycles. The quantitative estimate of drug-likeness (QED) is 0.607. The Morgan fingerprint density at radius 1 is 1.14 bits per heavy atom. The fourth-order valence-corrected chi connectivity index (χ4v) is 5.62. The Morgan fingerprint density at radius 2 is 1.89 bits per heavy atom. The van der Waals surface area contributed by atoms with Crippen molar-refractivity contribution in [3.05, 3.63) is 57.6 Å². The van der Waals surface area contributed by atoms with Gasteiger partial charge in [0.2, 0.25) is 0 Å². The Kier molecular flexibility index (Phi) is 7.15. The Labute approximate surface area is 215 Å². The summed E-state index contributed by atoms with van der Waals surface area (Å²) in [5.74, 6) is 1.08. The van der Waals surface area contributed by atoms with Gasteiger partial charge in [-0.3, -0.25) is 4.79 Å². The van der Waals surface area contributed by atoms with Crippen molar-refractivity contribution in [3.8, 4) is 11.5 Å². The van der Waals surface area contributed by atoms with Gasteiger partial charge in [-0.25, -0.2) is 0 Å². The number of hydrogen-bond acceptors (Lipinski definition) is 6. The van der Waals surface area contributed by atoms with Gasteiger partial charge in [-0.2, -0.15) is 0 Å². The molecule has 3 aliphatic rings. The Hall–Kier alpha value is -2.03. The maximum Gasteiger partial charge on any atom is 0.257 e. The molecule has 5 rings (SSSR count). The van der Waals surface area contributed by atoms with Gasteiger partial charge in [-0.05, 0) is 48.4 Å². The molecule has 3 aliphatic heterocycles. The van der Waals surface area contributed by atoms with Crippen molar-refractivity contribution in [2.24, 2.45) is 0 Å². The first-order valence-corrected chi connectivity index (χ1v) is 12.8. The summed E-state index contributed by atoms with van der Waals surface area (Å²) >= 11 is 12.3. The van der Waals surface area contributed by atoms with Crippen LogP contribution in [0.15, 0.2) is 36.4 Å². The zero-order valence-corrected chi connectivity index (χ0v) is 21.0. The van der Waals surface area contributed by atoms with E-state index in [0.29, 0.717) is 42.4 Å². The average Bonchev–Trinajstić information content (AvgIpc) is 3.42. The molecule has 0 radical (unpaired) electrons. The first-order valence-electron chi connectivity index (χ1n) is 12.1. The molecule has 0 bridgehead atoms. The molecule has 0 aromatic heterocycles. The van der Waals surface area contributed by atoms with Crippen molar-refractivity contribution in [2.75, 3.05) is 39.3 Å². The number of fused-ring (bicyclic) bond motifs is 1. The Bertz CT molecular complexity index is 1090. The number of halogens is 2. The predicted octanol–water partition coefficient (Wildman–Crippen LogP) is 3.41. The second kappa shape index (κ2) is 10.1. The van der Waals surface area contributed by atoms with Crippen LogP contribution in [0.3, 0.4) is 0 Å². The molecule has 0 unspecified atom stereocenters. The number of β-amino-alcohol motifs (C(OH)–C–C–N with tert-alkyl or cyclic N) is 2. The molecule has 2 N–H and O–H groups in total. The van der Waals surface area contributed by atoms with Crippen LogP contribution in [0.1, 0.15) is 35.2 Å². The van der Waals surface area contributed by atoms with Crippen LogP contribution in [0.25, 0.3) is 0 Å². The number of rotatable bonds is 6. The number of carbonyl (C=O) groups excluding carboxylic acids is 1. The summed E-state index contributed by atoms with van der Waals surface area (Å²) in [4.78, 5) is 16.8. The molecule has 1 spiro atoms. The minimum atomic E-state index is -0.711. The molecule has 1 amide bonds. The summed E-state index contributed by atoms with van der Waals surface area (Å²) in [6.07, 6.45) is 1.97. The zero-order chi connectivity index (χ0) is 24.6. The first kappa shape index (κ1) is 24.7. The number of nitrogens with zero attached hydrogens (tertiary/aromatic N) is 2. The van der Waals surface area contributed by atoms with E-state index in [-0.39, 0.29) is 18.1 Å². The normalized spacial score (nSPS) is 22.2. The fourth-order valence-electron chi connectivity index (χ4n) is 5.25. The van der Waals surface area contributed by atoms with E-state index < -0.39 is 12.2 Å². The summed E-state index contributed by atoms with van der Waals surface area (Å²) in [7, 11) is 0. The van der Waals surface area contributed by atoms with Gasteiger partial charge >= 0.3 is 0 Å². The van der Waals surface area contributed by atoms with Crippen molar-refractivity contribution < 1.29 is 24.5 Å². The van der Waals surface area contributed by atoms with Gasteiger partial charge in [0, 0.05) is 62.0 Å². The predicted molar refractivity (Wildman–Crippen MR) is 134 cm³/mol. The smallest absolute Gasteiger partial charge is 0.257 e. The van der Waals surface area contributed by atoms with Crippen LogP contribution in [0.2, 0.25) is 10.0 Å². The molecule has 9 heteroatoms. The molecule has 2 atom stereocenters. The van der Waals surface area contributed by atoms with Crippen LogP contribution in [0.4, 0.5) is 0 Å². The largest absolute Gasteiger partial charge is 0.490 e. The summed E-state index contributed by atoms with van der Waals surface area (Å²) in [5.41, 5.74) is 1.32. The molecule has 0 aliphatic carbocycles. The molecule has 2 fully saturated rings. The number of aliphatic hydroxyl groups excluding tert-OH is 2. The number of aliphatic hydroxyl groups is 2.